The van der Waals surface area contributed by atoms with Gasteiger partial charge in [-0.3, -0.25) is 0 Å². The van der Waals surface area contributed by atoms with Crippen molar-refractivity contribution in [3.8, 4) is 11.5 Å². The van der Waals surface area contributed by atoms with Crippen LogP contribution in [0.25, 0.3) is 0 Å². The van der Waals surface area contributed by atoms with Gasteiger partial charge in [0.05, 0.1) is 24.9 Å². The highest BCUT2D eigenvalue weighted by atomic mass is 35.5. The van der Waals surface area contributed by atoms with Crippen molar-refractivity contribution in [3.63, 3.8) is 0 Å². The number of methoxy groups -OCH3 is 2. The van der Waals surface area contributed by atoms with Gasteiger partial charge in [0.15, 0.2) is 0 Å². The number of ether oxygens (including phenoxy) is 2. The molecule has 0 bridgehead atoms. The second-order valence-corrected chi connectivity index (χ2v) is 6.26. The lowest BCUT2D eigenvalue weighted by molar-refractivity contribution is 0.405. The van der Waals surface area contributed by atoms with Gasteiger partial charge in [-0.15, -0.1) is 0 Å². The Morgan fingerprint density at radius 1 is 1.04 bits per heavy atom. The van der Waals surface area contributed by atoms with Gasteiger partial charge in [-0.05, 0) is 24.1 Å². The fourth-order valence-corrected chi connectivity index (χ4v) is 2.82. The lowest BCUT2D eigenvalue weighted by Crippen LogP contribution is -2.05. The maximum absolute atomic E-state index is 6.15. The molecule has 3 rings (SSSR count). The van der Waals surface area contributed by atoms with Crippen LogP contribution in [-0.4, -0.2) is 24.2 Å². The zero-order valence-corrected chi connectivity index (χ0v) is 16.2. The fourth-order valence-electron chi connectivity index (χ4n) is 2.59. The molecule has 0 atom stereocenters. The average molecular weight is 385 g/mol. The average Bonchev–Trinajstić information content (AvgIpc) is 2.68. The topological polar surface area (TPSA) is 68.3 Å². The first-order valence-electron chi connectivity index (χ1n) is 8.40. The van der Waals surface area contributed by atoms with E-state index in [2.05, 4.69) is 39.7 Å². The van der Waals surface area contributed by atoms with Gasteiger partial charge in [-0.1, -0.05) is 35.9 Å². The van der Waals surface area contributed by atoms with Crippen LogP contribution in [0.5, 0.6) is 11.5 Å². The molecule has 0 amide bonds. The van der Waals surface area contributed by atoms with E-state index in [1.54, 1.807) is 32.5 Å². The molecule has 0 aliphatic rings. The van der Waals surface area contributed by atoms with Crippen LogP contribution in [0.15, 0.2) is 48.7 Å². The van der Waals surface area contributed by atoms with E-state index in [-0.39, 0.29) is 0 Å². The second-order valence-electron chi connectivity index (χ2n) is 5.86. The summed E-state index contributed by atoms with van der Waals surface area (Å²) in [5.74, 6) is 2.26. The lowest BCUT2D eigenvalue weighted by atomic mass is 10.1. The van der Waals surface area contributed by atoms with Gasteiger partial charge < -0.3 is 20.1 Å². The summed E-state index contributed by atoms with van der Waals surface area (Å²) in [4.78, 5) is 8.77. The Hall–Kier alpha value is -2.99. The van der Waals surface area contributed by atoms with Crippen molar-refractivity contribution in [2.75, 3.05) is 24.9 Å². The summed E-state index contributed by atoms with van der Waals surface area (Å²) >= 11 is 6.15. The molecule has 0 saturated heterocycles. The largest absolute Gasteiger partial charge is 0.495 e. The molecule has 1 heterocycles. The Balaban J connectivity index is 1.77. The SMILES string of the molecule is COc1cc(Nc2nccc(NCc3ccccc3C)n2)c(OC)cc1Cl. The first-order valence-corrected chi connectivity index (χ1v) is 8.78. The summed E-state index contributed by atoms with van der Waals surface area (Å²) in [6.45, 7) is 2.77. The third kappa shape index (κ3) is 4.60. The van der Waals surface area contributed by atoms with Crippen LogP contribution >= 0.6 is 11.6 Å². The summed E-state index contributed by atoms with van der Waals surface area (Å²) < 4.78 is 10.6. The van der Waals surface area contributed by atoms with E-state index >= 15 is 0 Å². The molecule has 3 aromatic rings. The highest BCUT2D eigenvalue weighted by molar-refractivity contribution is 6.32. The van der Waals surface area contributed by atoms with E-state index in [9.17, 15) is 0 Å². The summed E-state index contributed by atoms with van der Waals surface area (Å²) in [7, 11) is 3.13. The van der Waals surface area contributed by atoms with Crippen molar-refractivity contribution in [2.45, 2.75) is 13.5 Å². The molecule has 0 spiro atoms. The van der Waals surface area contributed by atoms with Gasteiger partial charge in [0.2, 0.25) is 5.95 Å². The van der Waals surface area contributed by atoms with Gasteiger partial charge >= 0.3 is 0 Å². The number of aryl methyl sites for hydroxylation is 1. The predicted octanol–water partition coefficient (Wildman–Crippen LogP) is 4.81. The highest BCUT2D eigenvalue weighted by Gasteiger charge is 2.11. The highest BCUT2D eigenvalue weighted by Crippen LogP contribution is 2.36. The molecular weight excluding hydrogens is 364 g/mol. The standard InChI is InChI=1S/C20H21ClN4O2/c1-13-6-4-5-7-14(13)12-23-19-8-9-22-20(25-19)24-16-11-17(26-2)15(21)10-18(16)27-3/h4-11H,12H2,1-3H3,(H2,22,23,24,25). The fraction of sp³-hybridized carbons (Fsp3) is 0.200. The van der Waals surface area contributed by atoms with Gasteiger partial charge in [0.1, 0.15) is 17.3 Å². The third-order valence-electron chi connectivity index (χ3n) is 4.10. The zero-order chi connectivity index (χ0) is 19.2. The van der Waals surface area contributed by atoms with Crippen LogP contribution in [0, 0.1) is 6.92 Å². The van der Waals surface area contributed by atoms with Crippen LogP contribution in [0.4, 0.5) is 17.5 Å². The van der Waals surface area contributed by atoms with Crippen LogP contribution in [-0.2, 0) is 6.54 Å². The van der Waals surface area contributed by atoms with Crippen LogP contribution in [0.2, 0.25) is 5.02 Å². The van der Waals surface area contributed by atoms with Gasteiger partial charge in [-0.25, -0.2) is 4.98 Å². The zero-order valence-electron chi connectivity index (χ0n) is 15.4. The third-order valence-corrected chi connectivity index (χ3v) is 4.39. The van der Waals surface area contributed by atoms with Crippen molar-refractivity contribution < 1.29 is 9.47 Å². The Labute approximate surface area is 163 Å². The quantitative estimate of drug-likeness (QED) is 0.609. The van der Waals surface area contributed by atoms with E-state index in [1.165, 1.54) is 11.1 Å². The lowest BCUT2D eigenvalue weighted by Gasteiger charge is -2.14. The molecular formula is C20H21ClN4O2. The minimum absolute atomic E-state index is 0.437. The molecule has 7 heteroatoms. The number of hydrogen-bond acceptors (Lipinski definition) is 6. The number of nitrogens with one attached hydrogen (secondary N) is 2. The maximum Gasteiger partial charge on any atom is 0.229 e. The molecule has 6 nitrogen and oxygen atoms in total. The molecule has 0 radical (unpaired) electrons. The number of hydrogen-bond donors (Lipinski definition) is 2. The summed E-state index contributed by atoms with van der Waals surface area (Å²) in [5.41, 5.74) is 3.11. The molecule has 2 N–H and O–H groups in total. The van der Waals surface area contributed by atoms with Crippen LogP contribution in [0.3, 0.4) is 0 Å². The first-order chi connectivity index (χ1) is 13.1. The van der Waals surface area contributed by atoms with Crippen molar-refractivity contribution in [2.24, 2.45) is 0 Å². The van der Waals surface area contributed by atoms with Gasteiger partial charge in [0, 0.05) is 24.9 Å². The Morgan fingerprint density at radius 2 is 1.81 bits per heavy atom. The summed E-state index contributed by atoms with van der Waals surface area (Å²) in [6, 6.07) is 13.5. The molecule has 0 aliphatic heterocycles. The van der Waals surface area contributed by atoms with Crippen molar-refractivity contribution in [1.29, 1.82) is 0 Å². The molecule has 0 unspecified atom stereocenters. The van der Waals surface area contributed by atoms with E-state index in [0.29, 0.717) is 34.7 Å². The first kappa shape index (κ1) is 18.8. The second kappa shape index (κ2) is 8.60. The maximum atomic E-state index is 6.15. The van der Waals surface area contributed by atoms with Gasteiger partial charge in [0.25, 0.3) is 0 Å². The molecule has 140 valence electrons. The molecule has 0 saturated carbocycles. The van der Waals surface area contributed by atoms with Crippen LogP contribution < -0.4 is 20.1 Å². The molecule has 0 aliphatic carbocycles. The molecule has 1 aromatic heterocycles. The number of nitrogens with zero attached hydrogens (tertiary/aromatic N) is 2. The number of rotatable bonds is 7. The minimum atomic E-state index is 0.437. The van der Waals surface area contributed by atoms with Gasteiger partial charge in [-0.2, -0.15) is 4.98 Å². The van der Waals surface area contributed by atoms with E-state index < -0.39 is 0 Å². The number of benzene rings is 2. The summed E-state index contributed by atoms with van der Waals surface area (Å²) in [6.07, 6.45) is 1.69. The minimum Gasteiger partial charge on any atom is -0.495 e. The van der Waals surface area contributed by atoms with E-state index in [0.717, 1.165) is 5.82 Å². The Morgan fingerprint density at radius 3 is 2.56 bits per heavy atom. The molecule has 27 heavy (non-hydrogen) atoms. The Kier molecular flexibility index (Phi) is 5.98. The number of halogens is 1. The van der Waals surface area contributed by atoms with Crippen molar-refractivity contribution in [3.05, 3.63) is 64.8 Å². The molecule has 0 fully saturated rings. The predicted molar refractivity (Wildman–Crippen MR) is 108 cm³/mol. The smallest absolute Gasteiger partial charge is 0.229 e. The summed E-state index contributed by atoms with van der Waals surface area (Å²) in [5, 5.41) is 6.94. The molecule has 2 aromatic carbocycles. The number of aromatic nitrogens is 2. The normalized spacial score (nSPS) is 10.4. The van der Waals surface area contributed by atoms with Crippen molar-refractivity contribution in [1.82, 2.24) is 9.97 Å². The number of anilines is 3. The monoisotopic (exact) mass is 384 g/mol. The van der Waals surface area contributed by atoms with Crippen LogP contribution in [0.1, 0.15) is 11.1 Å². The van der Waals surface area contributed by atoms with E-state index in [1.807, 2.05) is 18.2 Å². The van der Waals surface area contributed by atoms with Crippen molar-refractivity contribution >= 4 is 29.1 Å². The van der Waals surface area contributed by atoms with E-state index in [4.69, 9.17) is 21.1 Å². The Bertz CT molecular complexity index is 934.